The van der Waals surface area contributed by atoms with Crippen molar-refractivity contribution < 1.29 is 18.5 Å². The van der Waals surface area contributed by atoms with Gasteiger partial charge < -0.3 is 5.73 Å². The van der Waals surface area contributed by atoms with Gasteiger partial charge in [-0.05, 0) is 6.07 Å². The van der Waals surface area contributed by atoms with E-state index in [4.69, 9.17) is 5.73 Å². The van der Waals surface area contributed by atoms with E-state index in [1.54, 1.807) is 0 Å². The highest BCUT2D eigenvalue weighted by molar-refractivity contribution is 5.83. The first-order chi connectivity index (χ1) is 6.97. The monoisotopic (exact) mass is 217 g/mol. The Balaban J connectivity index is 3.44. The van der Waals surface area contributed by atoms with E-state index >= 15 is 0 Å². The Morgan fingerprint density at radius 1 is 1.60 bits per heavy atom. The predicted molar refractivity (Wildman–Crippen MR) is 45.6 cm³/mol. The highest BCUT2D eigenvalue weighted by atomic mass is 19.3. The molecular formula is C7H5F2N3O3. The van der Waals surface area contributed by atoms with Crippen molar-refractivity contribution in [1.29, 1.82) is 0 Å². The number of nitrogens with two attached hydrogens (primary N) is 1. The first kappa shape index (κ1) is 11.0. The highest BCUT2D eigenvalue weighted by Crippen LogP contribution is 2.28. The fourth-order valence-corrected chi connectivity index (χ4v) is 0.993. The van der Waals surface area contributed by atoms with Crippen LogP contribution in [0, 0.1) is 10.1 Å². The summed E-state index contributed by atoms with van der Waals surface area (Å²) in [6.07, 6.45) is -2.92. The maximum absolute atomic E-state index is 12.2. The second-order valence-electron chi connectivity index (χ2n) is 2.55. The fourth-order valence-electron chi connectivity index (χ4n) is 0.993. The molecule has 0 atom stereocenters. The van der Waals surface area contributed by atoms with Crippen LogP contribution in [0.3, 0.4) is 0 Å². The quantitative estimate of drug-likeness (QED) is 0.467. The lowest BCUT2D eigenvalue weighted by Crippen LogP contribution is -2.05. The topological polar surface area (TPSA) is 99.1 Å². The van der Waals surface area contributed by atoms with E-state index in [1.165, 1.54) is 0 Å². The Labute approximate surface area is 81.9 Å². The number of aldehydes is 1. The maximum Gasteiger partial charge on any atom is 0.320 e. The standard InChI is InChI=1S/C7H5F2N3O3/c8-7(9)4-1-3(10)6(12(14)15)5(2-13)11-4/h1-2,7H,(H2,10,11). The van der Waals surface area contributed by atoms with Gasteiger partial charge in [-0.3, -0.25) is 14.9 Å². The summed E-state index contributed by atoms with van der Waals surface area (Å²) < 4.78 is 24.4. The predicted octanol–water partition coefficient (Wildman–Crippen LogP) is 1.32. The number of alkyl halides is 2. The highest BCUT2D eigenvalue weighted by Gasteiger charge is 2.23. The van der Waals surface area contributed by atoms with E-state index in [0.29, 0.717) is 6.07 Å². The van der Waals surface area contributed by atoms with E-state index in [-0.39, 0.29) is 6.29 Å². The summed E-state index contributed by atoms with van der Waals surface area (Å²) in [6.45, 7) is 0. The molecule has 0 saturated carbocycles. The SMILES string of the molecule is Nc1cc(C(F)F)nc(C=O)c1[N+](=O)[O-]. The molecule has 15 heavy (non-hydrogen) atoms. The minimum Gasteiger partial charge on any atom is -0.393 e. The number of hydrogen-bond donors (Lipinski definition) is 1. The molecule has 6 nitrogen and oxygen atoms in total. The average molecular weight is 217 g/mol. The molecule has 80 valence electrons. The number of nitrogens with zero attached hydrogens (tertiary/aromatic N) is 2. The van der Waals surface area contributed by atoms with Crippen LogP contribution in [0.15, 0.2) is 6.07 Å². The van der Waals surface area contributed by atoms with Gasteiger partial charge in [0.1, 0.15) is 11.4 Å². The van der Waals surface area contributed by atoms with Crippen LogP contribution < -0.4 is 5.73 Å². The minimum atomic E-state index is -2.94. The van der Waals surface area contributed by atoms with Gasteiger partial charge in [0, 0.05) is 0 Å². The maximum atomic E-state index is 12.2. The van der Waals surface area contributed by atoms with Gasteiger partial charge in [-0.2, -0.15) is 0 Å². The third-order valence-electron chi connectivity index (χ3n) is 1.59. The number of nitro groups is 1. The first-order valence-corrected chi connectivity index (χ1v) is 3.65. The minimum absolute atomic E-state index is 0.0143. The summed E-state index contributed by atoms with van der Waals surface area (Å²) in [6, 6.07) is 0.676. The van der Waals surface area contributed by atoms with Crippen molar-refractivity contribution in [3.8, 4) is 0 Å². The van der Waals surface area contributed by atoms with Crippen LogP contribution in [0.4, 0.5) is 20.2 Å². The summed E-state index contributed by atoms with van der Waals surface area (Å²) in [7, 11) is 0. The zero-order chi connectivity index (χ0) is 11.6. The fraction of sp³-hybridized carbons (Fsp3) is 0.143. The Kier molecular flexibility index (Phi) is 2.88. The Morgan fingerprint density at radius 3 is 2.60 bits per heavy atom. The molecule has 8 heteroatoms. The van der Waals surface area contributed by atoms with E-state index in [2.05, 4.69) is 4.98 Å². The van der Waals surface area contributed by atoms with Crippen molar-refractivity contribution in [2.75, 3.05) is 5.73 Å². The smallest absolute Gasteiger partial charge is 0.320 e. The van der Waals surface area contributed by atoms with Crippen LogP contribution >= 0.6 is 0 Å². The molecule has 0 aliphatic rings. The van der Waals surface area contributed by atoms with Crippen molar-refractivity contribution in [1.82, 2.24) is 4.98 Å². The van der Waals surface area contributed by atoms with Crippen molar-refractivity contribution >= 4 is 17.7 Å². The number of carbonyl (C=O) groups is 1. The van der Waals surface area contributed by atoms with Gasteiger partial charge in [-0.15, -0.1) is 0 Å². The number of rotatable bonds is 3. The lowest BCUT2D eigenvalue weighted by atomic mass is 10.2. The molecule has 0 radical (unpaired) electrons. The van der Waals surface area contributed by atoms with Crippen molar-refractivity contribution in [2.45, 2.75) is 6.43 Å². The molecule has 1 rings (SSSR count). The summed E-state index contributed by atoms with van der Waals surface area (Å²) >= 11 is 0. The van der Waals surface area contributed by atoms with Crippen LogP contribution in [0.2, 0.25) is 0 Å². The van der Waals surface area contributed by atoms with Gasteiger partial charge >= 0.3 is 5.69 Å². The molecule has 0 aliphatic carbocycles. The molecule has 0 unspecified atom stereocenters. The third kappa shape index (κ3) is 2.03. The molecule has 1 aromatic rings. The normalized spacial score (nSPS) is 10.3. The molecule has 0 fully saturated rings. The summed E-state index contributed by atoms with van der Waals surface area (Å²) in [5.74, 6) is 0. The number of carbonyl (C=O) groups excluding carboxylic acids is 1. The van der Waals surface area contributed by atoms with E-state index in [1.807, 2.05) is 0 Å². The van der Waals surface area contributed by atoms with E-state index < -0.39 is 34.1 Å². The van der Waals surface area contributed by atoms with Gasteiger partial charge in [-0.25, -0.2) is 13.8 Å². The summed E-state index contributed by atoms with van der Waals surface area (Å²) in [5, 5.41) is 10.4. The lowest BCUT2D eigenvalue weighted by molar-refractivity contribution is -0.384. The van der Waals surface area contributed by atoms with E-state index in [9.17, 15) is 23.7 Å². The van der Waals surface area contributed by atoms with Crippen molar-refractivity contribution in [2.24, 2.45) is 0 Å². The molecule has 0 aromatic carbocycles. The first-order valence-electron chi connectivity index (χ1n) is 3.65. The van der Waals surface area contributed by atoms with Crippen LogP contribution in [-0.2, 0) is 0 Å². The number of aromatic nitrogens is 1. The molecular weight excluding hydrogens is 212 g/mol. The molecule has 0 spiro atoms. The number of pyridine rings is 1. The zero-order valence-corrected chi connectivity index (χ0v) is 7.18. The van der Waals surface area contributed by atoms with Gasteiger partial charge in [0.25, 0.3) is 6.43 Å². The molecule has 0 aliphatic heterocycles. The van der Waals surface area contributed by atoms with Gasteiger partial charge in [-0.1, -0.05) is 0 Å². The molecule has 0 amide bonds. The number of hydrogen-bond acceptors (Lipinski definition) is 5. The second kappa shape index (κ2) is 3.95. The number of halogens is 2. The van der Waals surface area contributed by atoms with E-state index in [0.717, 1.165) is 0 Å². The van der Waals surface area contributed by atoms with Crippen molar-refractivity contribution in [3.63, 3.8) is 0 Å². The van der Waals surface area contributed by atoms with Crippen LogP contribution in [0.5, 0.6) is 0 Å². The zero-order valence-electron chi connectivity index (χ0n) is 7.18. The Morgan fingerprint density at radius 2 is 2.20 bits per heavy atom. The van der Waals surface area contributed by atoms with Gasteiger partial charge in [0.2, 0.25) is 0 Å². The Bertz CT molecular complexity index is 422. The molecule has 0 bridgehead atoms. The molecule has 1 aromatic heterocycles. The number of anilines is 1. The molecule has 1 heterocycles. The van der Waals surface area contributed by atoms with Crippen LogP contribution in [-0.4, -0.2) is 16.2 Å². The van der Waals surface area contributed by atoms with Gasteiger partial charge in [0.05, 0.1) is 4.92 Å². The summed E-state index contributed by atoms with van der Waals surface area (Å²) in [4.78, 5) is 23.0. The number of nitrogen functional groups attached to an aromatic ring is 1. The third-order valence-corrected chi connectivity index (χ3v) is 1.59. The molecule has 0 saturated heterocycles. The van der Waals surface area contributed by atoms with Crippen molar-refractivity contribution in [3.05, 3.63) is 27.6 Å². The Hall–Kier alpha value is -2.12. The summed E-state index contributed by atoms with van der Waals surface area (Å²) in [5.41, 5.74) is 2.44. The average Bonchev–Trinajstić information content (AvgIpc) is 2.15. The van der Waals surface area contributed by atoms with Gasteiger partial charge in [0.15, 0.2) is 12.0 Å². The largest absolute Gasteiger partial charge is 0.393 e. The van der Waals surface area contributed by atoms with Crippen LogP contribution in [0.1, 0.15) is 22.6 Å². The van der Waals surface area contributed by atoms with Crippen LogP contribution in [0.25, 0.3) is 0 Å². The lowest BCUT2D eigenvalue weighted by Gasteiger charge is -2.03. The molecule has 2 N–H and O–H groups in total. The second-order valence-corrected chi connectivity index (χ2v) is 2.55.